The Balaban J connectivity index is 0. The molecule has 0 atom stereocenters. The summed E-state index contributed by atoms with van der Waals surface area (Å²) in [6.07, 6.45) is 8.03. The summed E-state index contributed by atoms with van der Waals surface area (Å²) in [5.41, 5.74) is 1.18. The quantitative estimate of drug-likeness (QED) is 0.630. The maximum Gasteiger partial charge on any atom is 0.133 e. The number of carbonyl (C=O) groups excluding carboxylic acids is 1. The molecule has 1 heteroatoms. The van der Waals surface area contributed by atoms with Gasteiger partial charge in [0.25, 0.3) is 0 Å². The van der Waals surface area contributed by atoms with Crippen LogP contribution in [0.25, 0.3) is 0 Å². The average Bonchev–Trinajstić information content (AvgIpc) is 2.31. The molecule has 0 radical (unpaired) electrons. The monoisotopic (exact) mass is 222 g/mol. The van der Waals surface area contributed by atoms with Gasteiger partial charge >= 0.3 is 0 Å². The van der Waals surface area contributed by atoms with Crippen molar-refractivity contribution in [3.05, 3.63) is 37.0 Å². The van der Waals surface area contributed by atoms with E-state index in [-0.39, 0.29) is 0 Å². The summed E-state index contributed by atoms with van der Waals surface area (Å²) in [6.45, 7) is 15.3. The Morgan fingerprint density at radius 1 is 1.25 bits per heavy atom. The minimum atomic E-state index is 0.391. The standard InChI is InChI=1S/C11H14O.2C2H6/c1-3-5-9(4-2)6-10-7-11(12)8-10;2*1-2/h3-5,10H,1-2,6-8H2;2*1-2H3/b9-5+;;. The van der Waals surface area contributed by atoms with Crippen LogP contribution in [-0.2, 0) is 4.79 Å². The third-order valence-corrected chi connectivity index (χ3v) is 2.15. The molecule has 92 valence electrons. The van der Waals surface area contributed by atoms with Crippen LogP contribution in [0.5, 0.6) is 0 Å². The van der Waals surface area contributed by atoms with E-state index in [2.05, 4.69) is 13.2 Å². The minimum Gasteiger partial charge on any atom is -0.300 e. The number of carbonyl (C=O) groups is 1. The number of rotatable bonds is 4. The highest BCUT2D eigenvalue weighted by atomic mass is 16.1. The molecule has 1 rings (SSSR count). The molecule has 1 aliphatic carbocycles. The van der Waals surface area contributed by atoms with E-state index in [1.165, 1.54) is 5.57 Å². The van der Waals surface area contributed by atoms with Gasteiger partial charge in [-0.3, -0.25) is 4.79 Å². The summed E-state index contributed by atoms with van der Waals surface area (Å²) in [4.78, 5) is 10.7. The first-order chi connectivity index (χ1) is 7.76. The van der Waals surface area contributed by atoms with Crippen molar-refractivity contribution in [2.24, 2.45) is 5.92 Å². The van der Waals surface area contributed by atoms with Gasteiger partial charge in [0.05, 0.1) is 0 Å². The molecule has 0 saturated heterocycles. The van der Waals surface area contributed by atoms with E-state index in [9.17, 15) is 4.79 Å². The zero-order valence-corrected chi connectivity index (χ0v) is 11.3. The second-order valence-corrected chi connectivity index (χ2v) is 3.20. The zero-order valence-electron chi connectivity index (χ0n) is 11.3. The van der Waals surface area contributed by atoms with Gasteiger partial charge in [0.1, 0.15) is 5.78 Å². The molecule has 0 N–H and O–H groups in total. The van der Waals surface area contributed by atoms with Crippen molar-refractivity contribution in [3.63, 3.8) is 0 Å². The lowest BCUT2D eigenvalue weighted by atomic mass is 9.79. The van der Waals surface area contributed by atoms with Crippen LogP contribution >= 0.6 is 0 Å². The van der Waals surface area contributed by atoms with Crippen LogP contribution in [0, 0.1) is 5.92 Å². The predicted molar refractivity (Wildman–Crippen MR) is 73.5 cm³/mol. The van der Waals surface area contributed by atoms with Crippen molar-refractivity contribution in [2.45, 2.75) is 47.0 Å². The first-order valence-corrected chi connectivity index (χ1v) is 6.22. The molecule has 0 heterocycles. The molecule has 1 fully saturated rings. The van der Waals surface area contributed by atoms with E-state index in [0.717, 1.165) is 19.3 Å². The maximum absolute atomic E-state index is 10.7. The van der Waals surface area contributed by atoms with E-state index < -0.39 is 0 Å². The van der Waals surface area contributed by atoms with Gasteiger partial charge in [-0.2, -0.15) is 0 Å². The van der Waals surface area contributed by atoms with Gasteiger partial charge in [-0.05, 0) is 17.9 Å². The van der Waals surface area contributed by atoms with Crippen LogP contribution in [0.3, 0.4) is 0 Å². The summed E-state index contributed by atoms with van der Waals surface area (Å²) < 4.78 is 0. The molecular weight excluding hydrogens is 196 g/mol. The van der Waals surface area contributed by atoms with Gasteiger partial charge in [-0.15, -0.1) is 0 Å². The second-order valence-electron chi connectivity index (χ2n) is 3.20. The summed E-state index contributed by atoms with van der Waals surface area (Å²) in [5.74, 6) is 0.948. The van der Waals surface area contributed by atoms with Crippen LogP contribution in [-0.4, -0.2) is 5.78 Å². The third-order valence-electron chi connectivity index (χ3n) is 2.15. The molecule has 0 aromatic rings. The zero-order chi connectivity index (χ0) is 13.0. The summed E-state index contributed by atoms with van der Waals surface area (Å²) in [6, 6.07) is 0. The lowest BCUT2D eigenvalue weighted by Crippen LogP contribution is -2.23. The van der Waals surface area contributed by atoms with Gasteiger partial charge in [0, 0.05) is 12.8 Å². The van der Waals surface area contributed by atoms with Gasteiger partial charge in [0.15, 0.2) is 0 Å². The van der Waals surface area contributed by atoms with Crippen molar-refractivity contribution in [1.82, 2.24) is 0 Å². The van der Waals surface area contributed by atoms with E-state index in [1.807, 2.05) is 39.8 Å². The Morgan fingerprint density at radius 2 is 1.75 bits per heavy atom. The number of hydrogen-bond donors (Lipinski definition) is 0. The lowest BCUT2D eigenvalue weighted by molar-refractivity contribution is -0.126. The van der Waals surface area contributed by atoms with Crippen LogP contribution in [0.2, 0.25) is 0 Å². The summed E-state index contributed by atoms with van der Waals surface area (Å²) >= 11 is 0. The lowest BCUT2D eigenvalue weighted by Gasteiger charge is -2.24. The Kier molecular flexibility index (Phi) is 12.9. The number of hydrogen-bond acceptors (Lipinski definition) is 1. The van der Waals surface area contributed by atoms with Crippen LogP contribution in [0.4, 0.5) is 0 Å². The fraction of sp³-hybridized carbons (Fsp3) is 0.533. The molecule has 0 spiro atoms. The molecule has 0 aliphatic heterocycles. The molecule has 1 saturated carbocycles. The Bertz CT molecular complexity index is 228. The molecule has 1 nitrogen and oxygen atoms in total. The topological polar surface area (TPSA) is 17.1 Å². The molecule has 0 amide bonds. The van der Waals surface area contributed by atoms with Crippen molar-refractivity contribution in [3.8, 4) is 0 Å². The molecule has 16 heavy (non-hydrogen) atoms. The normalized spacial score (nSPS) is 14.8. The van der Waals surface area contributed by atoms with Crippen molar-refractivity contribution < 1.29 is 4.79 Å². The van der Waals surface area contributed by atoms with E-state index in [4.69, 9.17) is 0 Å². The molecular formula is C15H26O. The number of ketones is 1. The highest BCUT2D eigenvalue weighted by Gasteiger charge is 2.26. The fourth-order valence-electron chi connectivity index (χ4n) is 1.43. The van der Waals surface area contributed by atoms with Gasteiger partial charge in [0.2, 0.25) is 0 Å². The Labute approximate surface area is 101 Å². The van der Waals surface area contributed by atoms with Gasteiger partial charge in [-0.25, -0.2) is 0 Å². The van der Waals surface area contributed by atoms with Crippen molar-refractivity contribution in [2.75, 3.05) is 0 Å². The van der Waals surface area contributed by atoms with Gasteiger partial charge in [-0.1, -0.05) is 59.1 Å². The van der Waals surface area contributed by atoms with Crippen LogP contribution in [0.1, 0.15) is 47.0 Å². The molecule has 1 aliphatic rings. The molecule has 0 unspecified atom stereocenters. The summed E-state index contributed by atoms with van der Waals surface area (Å²) in [5, 5.41) is 0. The largest absolute Gasteiger partial charge is 0.300 e. The maximum atomic E-state index is 10.7. The second kappa shape index (κ2) is 12.0. The van der Waals surface area contributed by atoms with Gasteiger partial charge < -0.3 is 0 Å². The SMILES string of the molecule is C=C/C=C(\C=C)CC1CC(=O)C1.CC.CC. The number of Topliss-reactive ketones (excluding diaryl/α,β-unsaturated/α-hetero) is 1. The Morgan fingerprint density at radius 3 is 2.06 bits per heavy atom. The van der Waals surface area contributed by atoms with Crippen molar-refractivity contribution >= 4 is 5.78 Å². The predicted octanol–water partition coefficient (Wildman–Crippen LogP) is 4.71. The highest BCUT2D eigenvalue weighted by Crippen LogP contribution is 2.29. The van der Waals surface area contributed by atoms with E-state index in [1.54, 1.807) is 6.08 Å². The molecule has 0 bridgehead atoms. The van der Waals surface area contributed by atoms with Crippen LogP contribution < -0.4 is 0 Å². The highest BCUT2D eigenvalue weighted by molar-refractivity contribution is 5.84. The average molecular weight is 222 g/mol. The molecule has 0 aromatic heterocycles. The smallest absolute Gasteiger partial charge is 0.133 e. The first-order valence-electron chi connectivity index (χ1n) is 6.22. The molecule has 0 aromatic carbocycles. The van der Waals surface area contributed by atoms with E-state index >= 15 is 0 Å². The number of allylic oxidation sites excluding steroid dienone is 4. The minimum absolute atomic E-state index is 0.391. The van der Waals surface area contributed by atoms with Crippen LogP contribution in [0.15, 0.2) is 37.0 Å². The third kappa shape index (κ3) is 7.22. The van der Waals surface area contributed by atoms with E-state index in [0.29, 0.717) is 11.7 Å². The Hall–Kier alpha value is -1.11. The summed E-state index contributed by atoms with van der Waals surface area (Å²) in [7, 11) is 0. The fourth-order valence-corrected chi connectivity index (χ4v) is 1.43. The van der Waals surface area contributed by atoms with Crippen molar-refractivity contribution in [1.29, 1.82) is 0 Å². The first kappa shape index (κ1) is 17.3.